The second-order valence-electron chi connectivity index (χ2n) is 4.04. The van der Waals surface area contributed by atoms with E-state index in [1.54, 1.807) is 6.07 Å². The van der Waals surface area contributed by atoms with E-state index in [-0.39, 0.29) is 5.82 Å². The van der Waals surface area contributed by atoms with Gasteiger partial charge in [-0.1, -0.05) is 23.5 Å². The van der Waals surface area contributed by atoms with Crippen LogP contribution in [0.15, 0.2) is 42.5 Å². The van der Waals surface area contributed by atoms with E-state index in [4.69, 9.17) is 10.5 Å². The first-order valence-corrected chi connectivity index (χ1v) is 6.59. The SMILES string of the molecule is NCc1ccc(Oc2nc3cc(F)ccc3s2)cc1. The summed E-state index contributed by atoms with van der Waals surface area (Å²) in [6.07, 6.45) is 0. The van der Waals surface area contributed by atoms with Crippen LogP contribution in [0.2, 0.25) is 0 Å². The number of ether oxygens (including phenoxy) is 1. The van der Waals surface area contributed by atoms with Crippen molar-refractivity contribution in [1.29, 1.82) is 0 Å². The molecule has 0 radical (unpaired) electrons. The Balaban J connectivity index is 1.87. The number of hydrogen-bond acceptors (Lipinski definition) is 4. The molecule has 3 nitrogen and oxygen atoms in total. The molecule has 0 fully saturated rings. The lowest BCUT2D eigenvalue weighted by molar-refractivity contribution is 0.480. The summed E-state index contributed by atoms with van der Waals surface area (Å²) in [6.45, 7) is 0.501. The summed E-state index contributed by atoms with van der Waals surface area (Å²) in [4.78, 5) is 4.24. The quantitative estimate of drug-likeness (QED) is 0.792. The molecule has 19 heavy (non-hydrogen) atoms. The third-order valence-electron chi connectivity index (χ3n) is 2.69. The highest BCUT2D eigenvalue weighted by molar-refractivity contribution is 7.20. The fourth-order valence-electron chi connectivity index (χ4n) is 1.72. The van der Waals surface area contributed by atoms with Crippen LogP contribution < -0.4 is 10.5 Å². The smallest absolute Gasteiger partial charge is 0.279 e. The highest BCUT2D eigenvalue weighted by Crippen LogP contribution is 2.31. The Morgan fingerprint density at radius 3 is 2.68 bits per heavy atom. The molecule has 5 heteroatoms. The zero-order chi connectivity index (χ0) is 13.2. The summed E-state index contributed by atoms with van der Waals surface area (Å²) in [6, 6.07) is 12.0. The van der Waals surface area contributed by atoms with E-state index in [1.807, 2.05) is 24.3 Å². The fourth-order valence-corrected chi connectivity index (χ4v) is 2.53. The summed E-state index contributed by atoms with van der Waals surface area (Å²) < 4.78 is 19.6. The van der Waals surface area contributed by atoms with Crippen molar-refractivity contribution >= 4 is 21.6 Å². The van der Waals surface area contributed by atoms with Crippen LogP contribution in [0.3, 0.4) is 0 Å². The molecule has 0 saturated heterocycles. The van der Waals surface area contributed by atoms with Crippen molar-refractivity contribution in [2.24, 2.45) is 5.73 Å². The number of thiazole rings is 1. The van der Waals surface area contributed by atoms with Crippen LogP contribution in [0.1, 0.15) is 5.56 Å². The van der Waals surface area contributed by atoms with Gasteiger partial charge in [0.05, 0.1) is 10.2 Å². The van der Waals surface area contributed by atoms with Crippen molar-refractivity contribution in [3.63, 3.8) is 0 Å². The summed E-state index contributed by atoms with van der Waals surface area (Å²) in [7, 11) is 0. The molecule has 3 rings (SSSR count). The van der Waals surface area contributed by atoms with E-state index >= 15 is 0 Å². The Morgan fingerprint density at radius 2 is 1.95 bits per heavy atom. The van der Waals surface area contributed by atoms with E-state index in [0.717, 1.165) is 10.3 Å². The minimum Gasteiger partial charge on any atom is -0.431 e. The van der Waals surface area contributed by atoms with Crippen LogP contribution in [0.5, 0.6) is 10.9 Å². The van der Waals surface area contributed by atoms with Crippen LogP contribution in [-0.4, -0.2) is 4.98 Å². The maximum atomic E-state index is 13.1. The van der Waals surface area contributed by atoms with Crippen molar-refractivity contribution in [2.75, 3.05) is 0 Å². The molecule has 2 N–H and O–H groups in total. The first-order valence-electron chi connectivity index (χ1n) is 5.77. The van der Waals surface area contributed by atoms with Gasteiger partial charge in [0.2, 0.25) is 0 Å². The number of benzene rings is 2. The number of aromatic nitrogens is 1. The number of hydrogen-bond donors (Lipinski definition) is 1. The first-order chi connectivity index (χ1) is 9.24. The van der Waals surface area contributed by atoms with Crippen LogP contribution >= 0.6 is 11.3 Å². The zero-order valence-electron chi connectivity index (χ0n) is 9.97. The largest absolute Gasteiger partial charge is 0.431 e. The molecular formula is C14H11FN2OS. The van der Waals surface area contributed by atoms with Gasteiger partial charge >= 0.3 is 0 Å². The van der Waals surface area contributed by atoms with Crippen molar-refractivity contribution < 1.29 is 9.13 Å². The van der Waals surface area contributed by atoms with Gasteiger partial charge in [-0.05, 0) is 29.8 Å². The molecule has 0 spiro atoms. The van der Waals surface area contributed by atoms with E-state index in [9.17, 15) is 4.39 Å². The van der Waals surface area contributed by atoms with Gasteiger partial charge < -0.3 is 10.5 Å². The normalized spacial score (nSPS) is 10.8. The number of nitrogens with zero attached hydrogens (tertiary/aromatic N) is 1. The third-order valence-corrected chi connectivity index (χ3v) is 3.61. The van der Waals surface area contributed by atoms with E-state index < -0.39 is 0 Å². The van der Waals surface area contributed by atoms with Gasteiger partial charge in [0.15, 0.2) is 0 Å². The molecule has 0 saturated carbocycles. The average Bonchev–Trinajstić information content (AvgIpc) is 2.81. The zero-order valence-corrected chi connectivity index (χ0v) is 10.8. The molecule has 1 aromatic heterocycles. The van der Waals surface area contributed by atoms with Gasteiger partial charge in [-0.2, -0.15) is 0 Å². The highest BCUT2D eigenvalue weighted by Gasteiger charge is 2.06. The summed E-state index contributed by atoms with van der Waals surface area (Å²) in [5.74, 6) is 0.397. The van der Waals surface area contributed by atoms with Gasteiger partial charge in [0, 0.05) is 12.6 Å². The van der Waals surface area contributed by atoms with Crippen LogP contribution in [0.25, 0.3) is 10.2 Å². The Hall–Kier alpha value is -1.98. The standard InChI is InChI=1S/C14H11FN2OS/c15-10-3-6-13-12(7-10)17-14(19-13)18-11-4-1-9(8-16)2-5-11/h1-7H,8,16H2. The molecular weight excluding hydrogens is 263 g/mol. The van der Waals surface area contributed by atoms with Gasteiger partial charge in [-0.3, -0.25) is 0 Å². The lowest BCUT2D eigenvalue weighted by Gasteiger charge is -2.02. The summed E-state index contributed by atoms with van der Waals surface area (Å²) in [5.41, 5.74) is 7.18. The Labute approximate surface area is 113 Å². The second kappa shape index (κ2) is 4.95. The molecule has 1 heterocycles. The molecule has 3 aromatic rings. The Morgan fingerprint density at radius 1 is 1.16 bits per heavy atom. The molecule has 0 amide bonds. The average molecular weight is 274 g/mol. The molecule has 0 aliphatic carbocycles. The molecule has 0 aliphatic rings. The van der Waals surface area contributed by atoms with Crippen molar-refractivity contribution in [1.82, 2.24) is 4.98 Å². The van der Waals surface area contributed by atoms with Gasteiger partial charge in [-0.15, -0.1) is 0 Å². The Kier molecular flexibility index (Phi) is 3.15. The summed E-state index contributed by atoms with van der Waals surface area (Å²) >= 11 is 1.39. The molecule has 96 valence electrons. The first kappa shape index (κ1) is 12.1. The van der Waals surface area contributed by atoms with E-state index in [0.29, 0.717) is 23.0 Å². The van der Waals surface area contributed by atoms with Crippen molar-refractivity contribution in [3.8, 4) is 10.9 Å². The minimum atomic E-state index is -0.295. The maximum absolute atomic E-state index is 13.1. The predicted molar refractivity (Wildman–Crippen MR) is 74.0 cm³/mol. The predicted octanol–water partition coefficient (Wildman–Crippen LogP) is 3.69. The van der Waals surface area contributed by atoms with Gasteiger partial charge in [0.1, 0.15) is 11.6 Å². The van der Waals surface area contributed by atoms with E-state index in [1.165, 1.54) is 23.5 Å². The maximum Gasteiger partial charge on any atom is 0.279 e. The van der Waals surface area contributed by atoms with Crippen molar-refractivity contribution in [3.05, 3.63) is 53.8 Å². The number of nitrogens with two attached hydrogens (primary N) is 1. The number of halogens is 1. The molecule has 0 atom stereocenters. The van der Waals surface area contributed by atoms with Crippen LogP contribution in [0, 0.1) is 5.82 Å². The van der Waals surface area contributed by atoms with E-state index in [2.05, 4.69) is 4.98 Å². The van der Waals surface area contributed by atoms with Gasteiger partial charge in [0.25, 0.3) is 5.19 Å². The monoisotopic (exact) mass is 274 g/mol. The lowest BCUT2D eigenvalue weighted by atomic mass is 10.2. The second-order valence-corrected chi connectivity index (χ2v) is 5.04. The summed E-state index contributed by atoms with van der Waals surface area (Å²) in [5, 5.41) is 0.501. The highest BCUT2D eigenvalue weighted by atomic mass is 32.1. The van der Waals surface area contributed by atoms with Crippen molar-refractivity contribution in [2.45, 2.75) is 6.54 Å². The fraction of sp³-hybridized carbons (Fsp3) is 0.0714. The lowest BCUT2D eigenvalue weighted by Crippen LogP contribution is -1.95. The number of rotatable bonds is 3. The van der Waals surface area contributed by atoms with Crippen LogP contribution in [-0.2, 0) is 6.54 Å². The van der Waals surface area contributed by atoms with Crippen LogP contribution in [0.4, 0.5) is 4.39 Å². The molecule has 0 aliphatic heterocycles. The molecule has 0 unspecified atom stereocenters. The minimum absolute atomic E-state index is 0.295. The Bertz CT molecular complexity index is 709. The molecule has 2 aromatic carbocycles. The third kappa shape index (κ3) is 2.57. The number of fused-ring (bicyclic) bond motifs is 1. The van der Waals surface area contributed by atoms with Gasteiger partial charge in [-0.25, -0.2) is 9.37 Å². The topological polar surface area (TPSA) is 48.1 Å². The molecule has 0 bridgehead atoms.